The van der Waals surface area contributed by atoms with Crippen molar-refractivity contribution in [3.05, 3.63) is 35.8 Å². The summed E-state index contributed by atoms with van der Waals surface area (Å²) < 4.78 is 51.7. The Bertz CT molecular complexity index is 510. The van der Waals surface area contributed by atoms with E-state index in [1.165, 1.54) is 6.07 Å². The minimum Gasteiger partial charge on any atom is -0.350 e. The second-order valence-electron chi connectivity index (χ2n) is 3.32. The van der Waals surface area contributed by atoms with Gasteiger partial charge < -0.3 is 4.57 Å². The van der Waals surface area contributed by atoms with Crippen LogP contribution in [0.2, 0.25) is 0 Å². The summed E-state index contributed by atoms with van der Waals surface area (Å²) in [5, 5.41) is 0.381. The first kappa shape index (κ1) is 10.0. The molecule has 0 N–H and O–H groups in total. The van der Waals surface area contributed by atoms with E-state index < -0.39 is 17.6 Å². The van der Waals surface area contributed by atoms with Crippen LogP contribution in [0, 0.1) is 5.82 Å². The molecule has 2 rings (SSSR count). The summed E-state index contributed by atoms with van der Waals surface area (Å²) >= 11 is 0. The van der Waals surface area contributed by atoms with E-state index in [1.807, 2.05) is 0 Å². The van der Waals surface area contributed by atoms with Crippen LogP contribution in [0.4, 0.5) is 17.6 Å². The molecule has 80 valence electrons. The Morgan fingerprint density at radius 2 is 1.87 bits per heavy atom. The second-order valence-corrected chi connectivity index (χ2v) is 3.32. The monoisotopic (exact) mass is 217 g/mol. The van der Waals surface area contributed by atoms with E-state index in [4.69, 9.17) is 0 Å². The number of alkyl halides is 3. The van der Waals surface area contributed by atoms with E-state index in [2.05, 4.69) is 0 Å². The molecule has 0 atom stereocenters. The summed E-state index contributed by atoms with van der Waals surface area (Å²) in [5.74, 6) is -1.24. The molecule has 15 heavy (non-hydrogen) atoms. The van der Waals surface area contributed by atoms with Gasteiger partial charge in [-0.3, -0.25) is 0 Å². The lowest BCUT2D eigenvalue weighted by Gasteiger charge is -2.08. The molecule has 5 heteroatoms. The van der Waals surface area contributed by atoms with Crippen LogP contribution >= 0.6 is 0 Å². The van der Waals surface area contributed by atoms with Crippen LogP contribution in [0.25, 0.3) is 10.9 Å². The standard InChI is InChI=1S/C10H7F4N/c1-15-3-2-6-4-7(10(12,13)14)8(11)5-9(6)15/h2-5H,1H3. The zero-order valence-corrected chi connectivity index (χ0v) is 7.77. The maximum atomic E-state index is 13.1. The molecule has 0 fully saturated rings. The lowest BCUT2D eigenvalue weighted by atomic mass is 10.1. The minimum atomic E-state index is -4.64. The smallest absolute Gasteiger partial charge is 0.350 e. The first-order valence-electron chi connectivity index (χ1n) is 4.21. The Morgan fingerprint density at radius 1 is 1.20 bits per heavy atom. The third-order valence-corrected chi connectivity index (χ3v) is 2.28. The fourth-order valence-corrected chi connectivity index (χ4v) is 1.51. The lowest BCUT2D eigenvalue weighted by molar-refractivity contribution is -0.139. The predicted molar refractivity (Wildman–Crippen MR) is 47.9 cm³/mol. The molecule has 0 saturated heterocycles. The topological polar surface area (TPSA) is 4.93 Å². The molecular formula is C10H7F4N. The molecule has 1 aromatic heterocycles. The van der Waals surface area contributed by atoms with Crippen molar-refractivity contribution in [3.8, 4) is 0 Å². The fourth-order valence-electron chi connectivity index (χ4n) is 1.51. The number of aryl methyl sites for hydroxylation is 1. The van der Waals surface area contributed by atoms with Gasteiger partial charge in [0.2, 0.25) is 0 Å². The molecule has 0 unspecified atom stereocenters. The lowest BCUT2D eigenvalue weighted by Crippen LogP contribution is -2.07. The summed E-state index contributed by atoms with van der Waals surface area (Å²) in [7, 11) is 1.65. The van der Waals surface area contributed by atoms with Gasteiger partial charge in [0.05, 0.1) is 11.1 Å². The molecule has 0 aliphatic heterocycles. The molecule has 0 aliphatic rings. The summed E-state index contributed by atoms with van der Waals surface area (Å²) in [6.45, 7) is 0. The Labute approximate surface area is 82.9 Å². The largest absolute Gasteiger partial charge is 0.419 e. The van der Waals surface area contributed by atoms with E-state index in [9.17, 15) is 17.6 Å². The highest BCUT2D eigenvalue weighted by atomic mass is 19.4. The summed E-state index contributed by atoms with van der Waals surface area (Å²) in [6, 6.07) is 3.24. The highest BCUT2D eigenvalue weighted by molar-refractivity contribution is 5.81. The van der Waals surface area contributed by atoms with Gasteiger partial charge in [-0.05, 0) is 18.2 Å². The first-order valence-corrected chi connectivity index (χ1v) is 4.21. The number of rotatable bonds is 0. The fraction of sp³-hybridized carbons (Fsp3) is 0.200. The van der Waals surface area contributed by atoms with E-state index in [0.29, 0.717) is 10.9 Å². The summed E-state index contributed by atoms with van der Waals surface area (Å²) in [4.78, 5) is 0. The first-order chi connectivity index (χ1) is 6.89. The molecule has 0 spiro atoms. The number of hydrogen-bond donors (Lipinski definition) is 0. The van der Waals surface area contributed by atoms with Gasteiger partial charge in [-0.15, -0.1) is 0 Å². The number of fused-ring (bicyclic) bond motifs is 1. The molecule has 0 saturated carbocycles. The molecule has 0 aliphatic carbocycles. The van der Waals surface area contributed by atoms with Gasteiger partial charge in [0.1, 0.15) is 5.82 Å². The SMILES string of the molecule is Cn1ccc2cc(C(F)(F)F)c(F)cc21. The minimum absolute atomic E-state index is 0.381. The average molecular weight is 217 g/mol. The van der Waals surface area contributed by atoms with E-state index in [0.717, 1.165) is 12.1 Å². The Morgan fingerprint density at radius 3 is 2.47 bits per heavy atom. The van der Waals surface area contributed by atoms with Crippen molar-refractivity contribution in [2.24, 2.45) is 7.05 Å². The zero-order chi connectivity index (χ0) is 11.2. The van der Waals surface area contributed by atoms with Crippen molar-refractivity contribution in [3.63, 3.8) is 0 Å². The molecule has 0 amide bonds. The highest BCUT2D eigenvalue weighted by Crippen LogP contribution is 2.33. The quantitative estimate of drug-likeness (QED) is 0.596. The van der Waals surface area contributed by atoms with Gasteiger partial charge in [0.25, 0.3) is 0 Å². The molecule has 2 aromatic rings. The van der Waals surface area contributed by atoms with Gasteiger partial charge in [0.15, 0.2) is 0 Å². The molecule has 1 aromatic carbocycles. The predicted octanol–water partition coefficient (Wildman–Crippen LogP) is 3.34. The molecule has 1 heterocycles. The third kappa shape index (κ3) is 1.58. The van der Waals surface area contributed by atoms with Crippen LogP contribution in [0.3, 0.4) is 0 Å². The molecule has 0 radical (unpaired) electrons. The number of nitrogens with zero attached hydrogens (tertiary/aromatic N) is 1. The number of hydrogen-bond acceptors (Lipinski definition) is 0. The van der Waals surface area contributed by atoms with Crippen molar-refractivity contribution in [2.75, 3.05) is 0 Å². The van der Waals surface area contributed by atoms with Crippen LogP contribution in [0.15, 0.2) is 24.4 Å². The molecular weight excluding hydrogens is 210 g/mol. The zero-order valence-electron chi connectivity index (χ0n) is 7.77. The second kappa shape index (κ2) is 2.98. The van der Waals surface area contributed by atoms with Crippen molar-refractivity contribution in [2.45, 2.75) is 6.18 Å². The van der Waals surface area contributed by atoms with Gasteiger partial charge in [-0.1, -0.05) is 0 Å². The molecule has 0 bridgehead atoms. The summed E-state index contributed by atoms with van der Waals surface area (Å²) in [6.07, 6.45) is -3.06. The highest BCUT2D eigenvalue weighted by Gasteiger charge is 2.34. The van der Waals surface area contributed by atoms with E-state index >= 15 is 0 Å². The number of benzene rings is 1. The number of aromatic nitrogens is 1. The number of halogens is 4. The van der Waals surface area contributed by atoms with Crippen LogP contribution in [0.5, 0.6) is 0 Å². The van der Waals surface area contributed by atoms with E-state index in [1.54, 1.807) is 17.8 Å². The van der Waals surface area contributed by atoms with Crippen LogP contribution in [0.1, 0.15) is 5.56 Å². The van der Waals surface area contributed by atoms with Crippen LogP contribution in [-0.2, 0) is 13.2 Å². The van der Waals surface area contributed by atoms with Crippen LogP contribution < -0.4 is 0 Å². The van der Waals surface area contributed by atoms with Crippen LogP contribution in [-0.4, -0.2) is 4.57 Å². The van der Waals surface area contributed by atoms with Crippen molar-refractivity contribution < 1.29 is 17.6 Å². The van der Waals surface area contributed by atoms with Gasteiger partial charge in [-0.2, -0.15) is 13.2 Å². The Hall–Kier alpha value is -1.52. The average Bonchev–Trinajstić information content (AvgIpc) is 2.45. The van der Waals surface area contributed by atoms with Gasteiger partial charge >= 0.3 is 6.18 Å². The van der Waals surface area contributed by atoms with Crippen molar-refractivity contribution in [1.82, 2.24) is 4.57 Å². The third-order valence-electron chi connectivity index (χ3n) is 2.28. The van der Waals surface area contributed by atoms with Gasteiger partial charge in [0, 0.05) is 18.6 Å². The van der Waals surface area contributed by atoms with Crippen molar-refractivity contribution >= 4 is 10.9 Å². The molecule has 1 nitrogen and oxygen atoms in total. The Kier molecular flexibility index (Phi) is 1.99. The van der Waals surface area contributed by atoms with E-state index in [-0.39, 0.29) is 0 Å². The van der Waals surface area contributed by atoms with Crippen molar-refractivity contribution in [1.29, 1.82) is 0 Å². The maximum Gasteiger partial charge on any atom is 0.419 e. The normalized spacial score (nSPS) is 12.3. The maximum absolute atomic E-state index is 13.1. The Balaban J connectivity index is 2.74. The summed E-state index contributed by atoms with van der Waals surface area (Å²) in [5.41, 5.74) is -0.776. The van der Waals surface area contributed by atoms with Gasteiger partial charge in [-0.25, -0.2) is 4.39 Å².